The van der Waals surface area contributed by atoms with Crippen LogP contribution in [-0.2, 0) is 20.6 Å². The number of amides is 1. The quantitative estimate of drug-likeness (QED) is 0.476. The van der Waals surface area contributed by atoms with Crippen LogP contribution >= 0.6 is 46.6 Å². The molecule has 0 aliphatic heterocycles. The van der Waals surface area contributed by atoms with E-state index in [1.165, 1.54) is 13.2 Å². The van der Waals surface area contributed by atoms with E-state index in [0.29, 0.717) is 38.9 Å². The Hall–Kier alpha value is -1.32. The summed E-state index contributed by atoms with van der Waals surface area (Å²) in [4.78, 5) is 12.3. The zero-order valence-electron chi connectivity index (χ0n) is 16.3. The maximum atomic E-state index is 12.3. The van der Waals surface area contributed by atoms with Crippen molar-refractivity contribution < 1.29 is 17.9 Å². The fourth-order valence-corrected chi connectivity index (χ4v) is 4.94. The lowest BCUT2D eigenvalue weighted by Crippen LogP contribution is -2.41. The van der Waals surface area contributed by atoms with Crippen LogP contribution in [0.1, 0.15) is 5.56 Å². The van der Waals surface area contributed by atoms with Gasteiger partial charge in [0.05, 0.1) is 19.1 Å². The Kier molecular flexibility index (Phi) is 9.43. The molecule has 0 aliphatic rings. The average Bonchev–Trinajstić information content (AvgIpc) is 2.66. The van der Waals surface area contributed by atoms with Crippen LogP contribution in [0.25, 0.3) is 0 Å². The van der Waals surface area contributed by atoms with Crippen LogP contribution in [0, 0.1) is 0 Å². The van der Waals surface area contributed by atoms with E-state index in [-0.39, 0.29) is 12.2 Å². The number of ether oxygens (including phenoxy) is 1. The summed E-state index contributed by atoms with van der Waals surface area (Å²) in [5, 5.41) is 4.23. The second kappa shape index (κ2) is 11.3. The standard InChI is InChI=1S/C19H21Cl3N2O4S2/c1-28-18-6-5-15(21)10-17(18)24(30(2,26)27)11-19(25)23-7-8-29-12-13-3-4-14(20)9-16(13)22/h3-6,9-10H,7-8,11-12H2,1-2H3,(H,23,25). The molecule has 0 saturated carbocycles. The summed E-state index contributed by atoms with van der Waals surface area (Å²) in [5.41, 5.74) is 1.16. The lowest BCUT2D eigenvalue weighted by molar-refractivity contribution is -0.119. The molecule has 11 heteroatoms. The summed E-state index contributed by atoms with van der Waals surface area (Å²) in [7, 11) is -2.32. The van der Waals surface area contributed by atoms with E-state index in [0.717, 1.165) is 16.1 Å². The third-order valence-corrected chi connectivity index (χ3v) is 6.89. The maximum absolute atomic E-state index is 12.3. The van der Waals surface area contributed by atoms with Gasteiger partial charge in [-0.3, -0.25) is 9.10 Å². The van der Waals surface area contributed by atoms with E-state index in [1.54, 1.807) is 36.0 Å². The van der Waals surface area contributed by atoms with Crippen LogP contribution in [0.15, 0.2) is 36.4 Å². The zero-order valence-corrected chi connectivity index (χ0v) is 20.2. The van der Waals surface area contributed by atoms with Crippen molar-refractivity contribution in [3.05, 3.63) is 57.0 Å². The Labute approximate surface area is 195 Å². The number of carbonyl (C=O) groups excluding carboxylic acids is 1. The highest BCUT2D eigenvalue weighted by atomic mass is 35.5. The van der Waals surface area contributed by atoms with Crippen LogP contribution in [0.2, 0.25) is 15.1 Å². The van der Waals surface area contributed by atoms with E-state index in [4.69, 9.17) is 39.5 Å². The van der Waals surface area contributed by atoms with E-state index < -0.39 is 15.9 Å². The summed E-state index contributed by atoms with van der Waals surface area (Å²) < 4.78 is 30.7. The van der Waals surface area contributed by atoms with Crippen molar-refractivity contribution in [3.63, 3.8) is 0 Å². The van der Waals surface area contributed by atoms with Gasteiger partial charge in [-0.15, -0.1) is 0 Å². The molecule has 30 heavy (non-hydrogen) atoms. The van der Waals surface area contributed by atoms with E-state index in [1.807, 2.05) is 6.07 Å². The van der Waals surface area contributed by atoms with Crippen LogP contribution < -0.4 is 14.4 Å². The first-order valence-corrected chi connectivity index (χ1v) is 12.8. The molecule has 1 N–H and O–H groups in total. The second-order valence-electron chi connectivity index (χ2n) is 6.22. The van der Waals surface area contributed by atoms with Crippen LogP contribution in [0.3, 0.4) is 0 Å². The Bertz CT molecular complexity index is 1000. The molecule has 164 valence electrons. The molecule has 0 aliphatic carbocycles. The average molecular weight is 512 g/mol. The molecule has 0 atom stereocenters. The lowest BCUT2D eigenvalue weighted by atomic mass is 10.2. The largest absolute Gasteiger partial charge is 0.495 e. The molecule has 2 aromatic rings. The number of hydrogen-bond acceptors (Lipinski definition) is 5. The fraction of sp³-hybridized carbons (Fsp3) is 0.316. The molecule has 6 nitrogen and oxygen atoms in total. The number of benzene rings is 2. The van der Waals surface area contributed by atoms with Gasteiger partial charge in [-0.2, -0.15) is 11.8 Å². The Balaban J connectivity index is 1.92. The number of thioether (sulfide) groups is 1. The lowest BCUT2D eigenvalue weighted by Gasteiger charge is -2.24. The summed E-state index contributed by atoms with van der Waals surface area (Å²) in [5.74, 6) is 1.16. The van der Waals surface area contributed by atoms with Gasteiger partial charge in [-0.1, -0.05) is 40.9 Å². The van der Waals surface area contributed by atoms with Crippen LogP contribution in [0.5, 0.6) is 5.75 Å². The molecule has 0 aromatic heterocycles. The Morgan fingerprint density at radius 3 is 2.43 bits per heavy atom. The fourth-order valence-electron chi connectivity index (χ4n) is 2.51. The minimum absolute atomic E-state index is 0.203. The molecule has 0 fully saturated rings. The van der Waals surface area contributed by atoms with Gasteiger partial charge in [0.15, 0.2) is 0 Å². The number of rotatable bonds is 10. The Morgan fingerprint density at radius 2 is 1.80 bits per heavy atom. The van der Waals surface area contributed by atoms with Crippen molar-refractivity contribution in [2.75, 3.05) is 36.5 Å². The number of nitrogens with zero attached hydrogens (tertiary/aromatic N) is 1. The van der Waals surface area contributed by atoms with Crippen molar-refractivity contribution >= 4 is 68.2 Å². The van der Waals surface area contributed by atoms with E-state index in [9.17, 15) is 13.2 Å². The molecule has 0 bridgehead atoms. The number of hydrogen-bond donors (Lipinski definition) is 1. The van der Waals surface area contributed by atoms with Crippen molar-refractivity contribution in [2.45, 2.75) is 5.75 Å². The topological polar surface area (TPSA) is 75.7 Å². The van der Waals surface area contributed by atoms with E-state index >= 15 is 0 Å². The van der Waals surface area contributed by atoms with Gasteiger partial charge >= 0.3 is 0 Å². The molecule has 0 radical (unpaired) electrons. The Morgan fingerprint density at radius 1 is 1.13 bits per heavy atom. The molecular formula is C19H21Cl3N2O4S2. The third kappa shape index (κ3) is 7.42. The van der Waals surface area contributed by atoms with Gasteiger partial charge in [0, 0.05) is 33.1 Å². The van der Waals surface area contributed by atoms with Crippen molar-refractivity contribution in [1.82, 2.24) is 5.32 Å². The van der Waals surface area contributed by atoms with Gasteiger partial charge in [-0.05, 0) is 35.9 Å². The van der Waals surface area contributed by atoms with Crippen molar-refractivity contribution in [3.8, 4) is 5.75 Å². The molecule has 0 spiro atoms. The molecule has 2 rings (SSSR count). The van der Waals surface area contributed by atoms with Crippen LogP contribution in [0.4, 0.5) is 5.69 Å². The zero-order chi connectivity index (χ0) is 22.3. The SMILES string of the molecule is COc1ccc(Cl)cc1N(CC(=O)NCCSCc1ccc(Cl)cc1Cl)S(C)(=O)=O. The molecule has 1 amide bonds. The first-order valence-electron chi connectivity index (χ1n) is 8.71. The third-order valence-electron chi connectivity index (χ3n) is 3.94. The number of nitrogens with one attached hydrogen (secondary N) is 1. The summed E-state index contributed by atoms with van der Waals surface area (Å²) in [6.45, 7) is -0.0117. The van der Waals surface area contributed by atoms with Gasteiger partial charge in [-0.25, -0.2) is 8.42 Å². The summed E-state index contributed by atoms with van der Waals surface area (Å²) in [6.07, 6.45) is 1.02. The van der Waals surface area contributed by atoms with Gasteiger partial charge in [0.2, 0.25) is 15.9 Å². The van der Waals surface area contributed by atoms with Crippen molar-refractivity contribution in [1.29, 1.82) is 0 Å². The number of sulfonamides is 1. The highest BCUT2D eigenvalue weighted by Gasteiger charge is 2.24. The molecule has 0 unspecified atom stereocenters. The predicted molar refractivity (Wildman–Crippen MR) is 126 cm³/mol. The number of methoxy groups -OCH3 is 1. The minimum atomic E-state index is -3.74. The van der Waals surface area contributed by atoms with Gasteiger partial charge in [0.25, 0.3) is 0 Å². The number of carbonyl (C=O) groups is 1. The first-order chi connectivity index (χ1) is 14.1. The van der Waals surface area contributed by atoms with Crippen molar-refractivity contribution in [2.24, 2.45) is 0 Å². The predicted octanol–water partition coefficient (Wildman–Crippen LogP) is 4.47. The molecule has 0 heterocycles. The number of halogens is 3. The minimum Gasteiger partial charge on any atom is -0.495 e. The monoisotopic (exact) mass is 510 g/mol. The van der Waals surface area contributed by atoms with Gasteiger partial charge < -0.3 is 10.1 Å². The highest BCUT2D eigenvalue weighted by Crippen LogP contribution is 2.32. The van der Waals surface area contributed by atoms with Gasteiger partial charge in [0.1, 0.15) is 12.3 Å². The summed E-state index contributed by atoms with van der Waals surface area (Å²) >= 11 is 19.6. The molecular weight excluding hydrogens is 491 g/mol. The second-order valence-corrected chi connectivity index (χ2v) is 10.5. The highest BCUT2D eigenvalue weighted by molar-refractivity contribution is 7.98. The maximum Gasteiger partial charge on any atom is 0.240 e. The first kappa shape index (κ1) is 24.9. The van der Waals surface area contributed by atoms with E-state index in [2.05, 4.69) is 5.32 Å². The smallest absolute Gasteiger partial charge is 0.240 e. The molecule has 2 aromatic carbocycles. The molecule has 0 saturated heterocycles. The normalized spacial score (nSPS) is 11.2. The van der Waals surface area contributed by atoms with Crippen LogP contribution in [-0.4, -0.2) is 46.5 Å². The number of anilines is 1. The summed E-state index contributed by atoms with van der Waals surface area (Å²) in [6, 6.07) is 9.89.